The van der Waals surface area contributed by atoms with E-state index in [1.54, 1.807) is 37.4 Å². The van der Waals surface area contributed by atoms with Crippen LogP contribution in [0.15, 0.2) is 54.1 Å². The van der Waals surface area contributed by atoms with Crippen molar-refractivity contribution in [3.63, 3.8) is 0 Å². The van der Waals surface area contributed by atoms with Gasteiger partial charge in [-0.1, -0.05) is 44.0 Å². The van der Waals surface area contributed by atoms with Gasteiger partial charge in [-0.3, -0.25) is 4.79 Å². The predicted octanol–water partition coefficient (Wildman–Crippen LogP) is 4.81. The molecular weight excluding hydrogens is 340 g/mol. The number of anilines is 1. The van der Waals surface area contributed by atoms with Crippen LogP contribution in [0.5, 0.6) is 11.5 Å². The molecule has 27 heavy (non-hydrogen) atoms. The summed E-state index contributed by atoms with van der Waals surface area (Å²) >= 11 is 0. The summed E-state index contributed by atoms with van der Waals surface area (Å²) < 4.78 is 11.1. The fourth-order valence-electron chi connectivity index (χ4n) is 2.46. The molecule has 2 rings (SSSR count). The molecule has 0 saturated carbocycles. The highest BCUT2D eigenvalue weighted by atomic mass is 16.5. The molecule has 0 fully saturated rings. The number of nitrogens with one attached hydrogen (secondary N) is 1. The first-order valence-electron chi connectivity index (χ1n) is 8.97. The van der Waals surface area contributed by atoms with Crippen LogP contribution in [0, 0.1) is 11.3 Å². The fraction of sp³-hybridized carbons (Fsp3) is 0.273. The second-order valence-corrected chi connectivity index (χ2v) is 5.96. The molecule has 2 aromatic rings. The average Bonchev–Trinajstić information content (AvgIpc) is 2.70. The Morgan fingerprint density at radius 2 is 1.93 bits per heavy atom. The highest BCUT2D eigenvalue weighted by molar-refractivity contribution is 6.09. The molecule has 0 atom stereocenters. The highest BCUT2D eigenvalue weighted by Gasteiger charge is 2.11. The molecule has 0 spiro atoms. The maximum absolute atomic E-state index is 12.3. The number of nitrogens with zero attached hydrogens (tertiary/aromatic N) is 1. The molecular formula is C22H24N2O3. The number of hydrogen-bond donors (Lipinski definition) is 1. The Labute approximate surface area is 160 Å². The average molecular weight is 364 g/mol. The van der Waals surface area contributed by atoms with E-state index in [-0.39, 0.29) is 5.57 Å². The molecule has 0 aromatic heterocycles. The summed E-state index contributed by atoms with van der Waals surface area (Å²) in [5, 5.41) is 12.1. The number of hydrogen-bond acceptors (Lipinski definition) is 4. The molecule has 2 aromatic carbocycles. The number of amides is 1. The fourth-order valence-corrected chi connectivity index (χ4v) is 2.46. The first kappa shape index (κ1) is 20.1. The van der Waals surface area contributed by atoms with Crippen LogP contribution in [0.4, 0.5) is 5.69 Å². The Kier molecular flexibility index (Phi) is 7.92. The maximum atomic E-state index is 12.3. The molecule has 0 aliphatic carbocycles. The van der Waals surface area contributed by atoms with Crippen LogP contribution in [-0.4, -0.2) is 19.6 Å². The smallest absolute Gasteiger partial charge is 0.266 e. The molecule has 0 saturated heterocycles. The Bertz CT molecular complexity index is 823. The van der Waals surface area contributed by atoms with E-state index in [1.807, 2.05) is 24.3 Å². The zero-order chi connectivity index (χ0) is 19.5. The van der Waals surface area contributed by atoms with Gasteiger partial charge >= 0.3 is 0 Å². The molecule has 0 aliphatic rings. The van der Waals surface area contributed by atoms with Gasteiger partial charge in [0.2, 0.25) is 0 Å². The van der Waals surface area contributed by atoms with Gasteiger partial charge in [0, 0.05) is 5.69 Å². The quantitative estimate of drug-likeness (QED) is 0.394. The van der Waals surface area contributed by atoms with Crippen molar-refractivity contribution in [3.8, 4) is 17.6 Å². The van der Waals surface area contributed by atoms with Crippen LogP contribution in [-0.2, 0) is 4.79 Å². The number of unbranched alkanes of at least 4 members (excludes halogenated alkanes) is 2. The van der Waals surface area contributed by atoms with E-state index in [1.165, 1.54) is 6.08 Å². The number of methoxy groups -OCH3 is 1. The van der Waals surface area contributed by atoms with Crippen molar-refractivity contribution in [3.05, 3.63) is 59.7 Å². The number of nitriles is 1. The molecule has 5 nitrogen and oxygen atoms in total. The van der Waals surface area contributed by atoms with Crippen LogP contribution in [0.25, 0.3) is 6.08 Å². The van der Waals surface area contributed by atoms with Crippen molar-refractivity contribution < 1.29 is 14.3 Å². The van der Waals surface area contributed by atoms with Gasteiger partial charge < -0.3 is 14.8 Å². The lowest BCUT2D eigenvalue weighted by Crippen LogP contribution is -2.13. The van der Waals surface area contributed by atoms with E-state index in [2.05, 4.69) is 12.2 Å². The van der Waals surface area contributed by atoms with Gasteiger partial charge in [-0.05, 0) is 42.3 Å². The monoisotopic (exact) mass is 364 g/mol. The maximum Gasteiger partial charge on any atom is 0.266 e. The minimum atomic E-state index is -0.456. The third-order valence-corrected chi connectivity index (χ3v) is 3.90. The zero-order valence-electron chi connectivity index (χ0n) is 15.7. The van der Waals surface area contributed by atoms with E-state index in [0.717, 1.165) is 19.3 Å². The largest absolute Gasteiger partial charge is 0.493 e. The Morgan fingerprint density at radius 3 is 2.59 bits per heavy atom. The predicted molar refractivity (Wildman–Crippen MR) is 107 cm³/mol. The number of ether oxygens (including phenoxy) is 2. The summed E-state index contributed by atoms with van der Waals surface area (Å²) in [6.45, 7) is 2.77. The van der Waals surface area contributed by atoms with Gasteiger partial charge in [0.1, 0.15) is 11.6 Å². The minimum Gasteiger partial charge on any atom is -0.493 e. The van der Waals surface area contributed by atoms with Gasteiger partial charge in [0.15, 0.2) is 11.5 Å². The van der Waals surface area contributed by atoms with Crippen molar-refractivity contribution in [1.29, 1.82) is 5.26 Å². The Hall–Kier alpha value is -3.26. The Morgan fingerprint density at radius 1 is 1.15 bits per heavy atom. The molecule has 0 bridgehead atoms. The lowest BCUT2D eigenvalue weighted by Gasteiger charge is -2.11. The number of benzene rings is 2. The van der Waals surface area contributed by atoms with Crippen molar-refractivity contribution in [2.75, 3.05) is 19.0 Å². The first-order valence-corrected chi connectivity index (χ1v) is 8.97. The van der Waals surface area contributed by atoms with Gasteiger partial charge in [-0.25, -0.2) is 0 Å². The topological polar surface area (TPSA) is 71.3 Å². The van der Waals surface area contributed by atoms with Gasteiger partial charge in [0.05, 0.1) is 13.7 Å². The summed E-state index contributed by atoms with van der Waals surface area (Å²) in [5.41, 5.74) is 1.34. The third kappa shape index (κ3) is 6.19. The van der Waals surface area contributed by atoms with Gasteiger partial charge in [-0.15, -0.1) is 0 Å². The minimum absolute atomic E-state index is 0.0116. The Balaban J connectivity index is 2.13. The van der Waals surface area contributed by atoms with E-state index in [4.69, 9.17) is 9.47 Å². The van der Waals surface area contributed by atoms with Crippen LogP contribution in [0.2, 0.25) is 0 Å². The summed E-state index contributed by atoms with van der Waals surface area (Å²) in [6.07, 6.45) is 4.76. The molecule has 140 valence electrons. The molecule has 0 unspecified atom stereocenters. The summed E-state index contributed by atoms with van der Waals surface area (Å²) in [4.78, 5) is 12.3. The van der Waals surface area contributed by atoms with E-state index in [9.17, 15) is 10.1 Å². The van der Waals surface area contributed by atoms with Crippen LogP contribution < -0.4 is 14.8 Å². The molecule has 1 N–H and O–H groups in total. The van der Waals surface area contributed by atoms with Gasteiger partial charge in [-0.2, -0.15) is 5.26 Å². The first-order chi connectivity index (χ1) is 13.2. The van der Waals surface area contributed by atoms with E-state index < -0.39 is 5.91 Å². The molecule has 1 amide bonds. The molecule has 0 aliphatic heterocycles. The van der Waals surface area contributed by atoms with Crippen LogP contribution in [0.1, 0.15) is 31.7 Å². The lowest BCUT2D eigenvalue weighted by atomic mass is 10.1. The number of carbonyl (C=O) groups excluding carboxylic acids is 1. The zero-order valence-corrected chi connectivity index (χ0v) is 15.7. The number of rotatable bonds is 9. The number of carbonyl (C=O) groups is 1. The van der Waals surface area contributed by atoms with Crippen molar-refractivity contribution in [2.45, 2.75) is 26.2 Å². The molecule has 0 heterocycles. The highest BCUT2D eigenvalue weighted by Crippen LogP contribution is 2.29. The van der Waals surface area contributed by atoms with E-state index >= 15 is 0 Å². The normalized spacial score (nSPS) is 10.8. The van der Waals surface area contributed by atoms with Crippen LogP contribution in [0.3, 0.4) is 0 Å². The summed E-state index contributed by atoms with van der Waals surface area (Å²) in [5.74, 6) is 0.765. The SMILES string of the molecule is CCCCCOc1ccc(/C=C(\C#N)C(=O)Nc2ccccc2)cc1OC. The standard InChI is InChI=1S/C22H24N2O3/c1-3-4-8-13-27-20-12-11-17(15-21(20)26-2)14-18(16-23)22(25)24-19-9-6-5-7-10-19/h5-7,9-12,14-15H,3-4,8,13H2,1-2H3,(H,24,25)/b18-14+. The van der Waals surface area contributed by atoms with Gasteiger partial charge in [0.25, 0.3) is 5.91 Å². The van der Waals surface area contributed by atoms with E-state index in [0.29, 0.717) is 29.4 Å². The number of para-hydroxylation sites is 1. The lowest BCUT2D eigenvalue weighted by molar-refractivity contribution is -0.112. The van der Waals surface area contributed by atoms with Crippen molar-refractivity contribution in [2.24, 2.45) is 0 Å². The summed E-state index contributed by atoms with van der Waals surface area (Å²) in [7, 11) is 1.56. The molecule has 5 heteroatoms. The molecule has 0 radical (unpaired) electrons. The van der Waals surface area contributed by atoms with Crippen molar-refractivity contribution >= 4 is 17.7 Å². The summed E-state index contributed by atoms with van der Waals surface area (Å²) in [6, 6.07) is 16.3. The second kappa shape index (κ2) is 10.7. The van der Waals surface area contributed by atoms with Crippen LogP contribution >= 0.6 is 0 Å². The third-order valence-electron chi connectivity index (χ3n) is 3.90. The van der Waals surface area contributed by atoms with Crippen molar-refractivity contribution in [1.82, 2.24) is 0 Å². The second-order valence-electron chi connectivity index (χ2n) is 5.96.